The number of hydrogen-bond donors (Lipinski definition) is 2. The quantitative estimate of drug-likeness (QED) is 0.331. The van der Waals surface area contributed by atoms with Gasteiger partial charge in [-0.05, 0) is 44.1 Å². The fraction of sp³-hybridized carbons (Fsp3) is 0.929. The Morgan fingerprint density at radius 3 is 2.83 bits per heavy atom. The molecule has 104 valence electrons. The summed E-state index contributed by atoms with van der Waals surface area (Å²) in [5, 5.41) is 11.9. The first-order valence-electron chi connectivity index (χ1n) is 7.39. The molecule has 0 bridgehead atoms. The molecule has 1 unspecified atom stereocenters. The van der Waals surface area contributed by atoms with Gasteiger partial charge in [0.1, 0.15) is 5.84 Å². The second kappa shape index (κ2) is 5.91. The van der Waals surface area contributed by atoms with Gasteiger partial charge in [0.05, 0.1) is 0 Å². The van der Waals surface area contributed by atoms with Crippen LogP contribution in [0.15, 0.2) is 5.16 Å². The summed E-state index contributed by atoms with van der Waals surface area (Å²) in [6.45, 7) is 4.66. The van der Waals surface area contributed by atoms with Crippen LogP contribution >= 0.6 is 0 Å². The van der Waals surface area contributed by atoms with Crippen molar-refractivity contribution in [2.75, 3.05) is 13.1 Å². The van der Waals surface area contributed by atoms with E-state index in [-0.39, 0.29) is 0 Å². The lowest BCUT2D eigenvalue weighted by Gasteiger charge is -2.38. The van der Waals surface area contributed by atoms with Gasteiger partial charge >= 0.3 is 0 Å². The summed E-state index contributed by atoms with van der Waals surface area (Å²) < 4.78 is 0. The van der Waals surface area contributed by atoms with Gasteiger partial charge in [-0.1, -0.05) is 24.9 Å². The summed E-state index contributed by atoms with van der Waals surface area (Å²) in [4.78, 5) is 2.67. The molecule has 1 aliphatic heterocycles. The van der Waals surface area contributed by atoms with Crippen molar-refractivity contribution in [1.82, 2.24) is 4.90 Å². The summed E-state index contributed by atoms with van der Waals surface area (Å²) in [6.07, 6.45) is 9.89. The molecule has 4 heteroatoms. The number of hydrogen-bond acceptors (Lipinski definition) is 3. The highest BCUT2D eigenvalue weighted by atomic mass is 16.4. The average molecular weight is 253 g/mol. The van der Waals surface area contributed by atoms with E-state index in [9.17, 15) is 0 Å². The van der Waals surface area contributed by atoms with Gasteiger partial charge in [-0.3, -0.25) is 4.90 Å². The van der Waals surface area contributed by atoms with Gasteiger partial charge in [-0.25, -0.2) is 0 Å². The molecule has 0 aromatic rings. The van der Waals surface area contributed by atoms with Crippen LogP contribution in [0.2, 0.25) is 0 Å². The maximum atomic E-state index is 8.72. The first-order chi connectivity index (χ1) is 8.69. The minimum Gasteiger partial charge on any atom is -0.409 e. The zero-order valence-electron chi connectivity index (χ0n) is 11.6. The predicted octanol–water partition coefficient (Wildman–Crippen LogP) is 2.56. The maximum absolute atomic E-state index is 8.72. The molecule has 3 N–H and O–H groups in total. The van der Waals surface area contributed by atoms with Crippen LogP contribution in [0.5, 0.6) is 0 Å². The van der Waals surface area contributed by atoms with Gasteiger partial charge in [0.25, 0.3) is 0 Å². The molecule has 1 atom stereocenters. The van der Waals surface area contributed by atoms with E-state index in [4.69, 9.17) is 10.9 Å². The third-order valence-corrected chi connectivity index (χ3v) is 4.55. The van der Waals surface area contributed by atoms with Gasteiger partial charge in [0.15, 0.2) is 0 Å². The maximum Gasteiger partial charge on any atom is 0.139 e. The predicted molar refractivity (Wildman–Crippen MR) is 73.8 cm³/mol. The van der Waals surface area contributed by atoms with Crippen LogP contribution in [-0.4, -0.2) is 35.1 Å². The highest BCUT2D eigenvalue weighted by Crippen LogP contribution is 2.50. The van der Waals surface area contributed by atoms with Gasteiger partial charge in [-0.15, -0.1) is 0 Å². The van der Waals surface area contributed by atoms with Crippen molar-refractivity contribution in [2.24, 2.45) is 16.3 Å². The van der Waals surface area contributed by atoms with E-state index >= 15 is 0 Å². The molecule has 4 nitrogen and oxygen atoms in total. The Hall–Kier alpha value is -0.770. The number of nitrogens with two attached hydrogens (primary N) is 1. The summed E-state index contributed by atoms with van der Waals surface area (Å²) in [5.74, 6) is 0.400. The topological polar surface area (TPSA) is 61.8 Å². The van der Waals surface area contributed by atoms with Crippen LogP contribution < -0.4 is 5.73 Å². The normalized spacial score (nSPS) is 28.3. The average Bonchev–Trinajstić information content (AvgIpc) is 3.11. The molecule has 18 heavy (non-hydrogen) atoms. The summed E-state index contributed by atoms with van der Waals surface area (Å²) in [6, 6.07) is 0.772. The lowest BCUT2D eigenvalue weighted by atomic mass is 9.94. The van der Waals surface area contributed by atoms with Gasteiger partial charge in [-0.2, -0.15) is 0 Å². The lowest BCUT2D eigenvalue weighted by Crippen LogP contribution is -2.43. The van der Waals surface area contributed by atoms with Crippen LogP contribution in [0, 0.1) is 5.41 Å². The Labute approximate surface area is 110 Å². The van der Waals surface area contributed by atoms with Crippen molar-refractivity contribution in [1.29, 1.82) is 0 Å². The van der Waals surface area contributed by atoms with Crippen LogP contribution in [-0.2, 0) is 0 Å². The van der Waals surface area contributed by atoms with Crippen molar-refractivity contribution in [3.05, 3.63) is 0 Å². The zero-order chi connectivity index (χ0) is 13.0. The van der Waals surface area contributed by atoms with Gasteiger partial charge in [0.2, 0.25) is 0 Å². The molecule has 1 aliphatic carbocycles. The first kappa shape index (κ1) is 13.7. The number of oxime groups is 1. The van der Waals surface area contributed by atoms with Gasteiger partial charge < -0.3 is 10.9 Å². The number of piperidine rings is 1. The minimum atomic E-state index is 0.319. The van der Waals surface area contributed by atoms with E-state index in [1.54, 1.807) is 0 Å². The van der Waals surface area contributed by atoms with Crippen molar-refractivity contribution >= 4 is 5.84 Å². The van der Waals surface area contributed by atoms with Crippen molar-refractivity contribution < 1.29 is 5.21 Å². The molecule has 1 saturated carbocycles. The van der Waals surface area contributed by atoms with Gasteiger partial charge in [0, 0.05) is 19.0 Å². The van der Waals surface area contributed by atoms with Crippen molar-refractivity contribution in [2.45, 2.75) is 64.3 Å². The number of rotatable bonds is 6. The summed E-state index contributed by atoms with van der Waals surface area (Å²) in [5.41, 5.74) is 6.00. The number of likely N-dealkylation sites (tertiary alicyclic amines) is 1. The standard InChI is InChI=1S/C14H27N3O/c1-2-5-12-6-3-4-9-17(12)11-14(7-8-14)10-13(15)16-18/h12,18H,2-11H2,1H3,(H2,15,16). The monoisotopic (exact) mass is 253 g/mol. The Balaban J connectivity index is 1.90. The highest BCUT2D eigenvalue weighted by Gasteiger charge is 2.45. The van der Waals surface area contributed by atoms with Crippen LogP contribution in [0.25, 0.3) is 0 Å². The Morgan fingerprint density at radius 1 is 1.44 bits per heavy atom. The van der Waals surface area contributed by atoms with E-state index in [0.717, 1.165) is 19.0 Å². The minimum absolute atomic E-state index is 0.319. The molecule has 0 amide bonds. The second-order valence-electron chi connectivity index (χ2n) is 6.18. The van der Waals surface area contributed by atoms with E-state index in [1.807, 2.05) is 0 Å². The zero-order valence-corrected chi connectivity index (χ0v) is 11.6. The molecule has 2 rings (SSSR count). The lowest BCUT2D eigenvalue weighted by molar-refractivity contribution is 0.112. The molecule has 2 fully saturated rings. The molecule has 0 radical (unpaired) electrons. The summed E-state index contributed by atoms with van der Waals surface area (Å²) in [7, 11) is 0. The van der Waals surface area contributed by atoms with E-state index < -0.39 is 0 Å². The van der Waals surface area contributed by atoms with Crippen LogP contribution in [0.4, 0.5) is 0 Å². The third kappa shape index (κ3) is 3.37. The molecule has 0 spiro atoms. The highest BCUT2D eigenvalue weighted by molar-refractivity contribution is 5.80. The largest absolute Gasteiger partial charge is 0.409 e. The third-order valence-electron chi connectivity index (χ3n) is 4.55. The second-order valence-corrected chi connectivity index (χ2v) is 6.18. The molecule has 1 saturated heterocycles. The molecule has 1 heterocycles. The number of nitrogens with zero attached hydrogens (tertiary/aromatic N) is 2. The van der Waals surface area contributed by atoms with Crippen molar-refractivity contribution in [3.8, 4) is 0 Å². The molecular formula is C14H27N3O. The molecule has 0 aromatic carbocycles. The fourth-order valence-electron chi connectivity index (χ4n) is 3.35. The smallest absolute Gasteiger partial charge is 0.139 e. The van der Waals surface area contributed by atoms with Crippen molar-refractivity contribution in [3.63, 3.8) is 0 Å². The Morgan fingerprint density at radius 2 is 2.22 bits per heavy atom. The molecular weight excluding hydrogens is 226 g/mol. The Bertz CT molecular complexity index is 297. The Kier molecular flexibility index (Phi) is 4.49. The van der Waals surface area contributed by atoms with E-state index in [0.29, 0.717) is 11.3 Å². The first-order valence-corrected chi connectivity index (χ1v) is 7.39. The van der Waals surface area contributed by atoms with E-state index in [1.165, 1.54) is 51.5 Å². The SMILES string of the molecule is CCCC1CCCCN1CC1(CC(N)=NO)CC1. The van der Waals surface area contributed by atoms with E-state index in [2.05, 4.69) is 17.0 Å². The number of amidine groups is 1. The molecule has 0 aromatic heterocycles. The molecule has 2 aliphatic rings. The summed E-state index contributed by atoms with van der Waals surface area (Å²) >= 11 is 0. The fourth-order valence-corrected chi connectivity index (χ4v) is 3.35. The van der Waals surface area contributed by atoms with Crippen LogP contribution in [0.3, 0.4) is 0 Å². The van der Waals surface area contributed by atoms with Crippen LogP contribution in [0.1, 0.15) is 58.3 Å².